The van der Waals surface area contributed by atoms with Gasteiger partial charge in [-0.1, -0.05) is 34.8 Å². The Morgan fingerprint density at radius 2 is 1.65 bits per heavy atom. The molecule has 2 aliphatic rings. The highest BCUT2D eigenvalue weighted by Crippen LogP contribution is 2.24. The Morgan fingerprint density at radius 3 is 2.39 bits per heavy atom. The van der Waals surface area contributed by atoms with Gasteiger partial charge in [-0.05, 0) is 68.1 Å². The highest BCUT2D eigenvalue weighted by molar-refractivity contribution is 9.10. The average molecular weight is 484 g/mol. The summed E-state index contributed by atoms with van der Waals surface area (Å²) in [5, 5.41) is 5.97. The molecule has 1 aliphatic heterocycles. The normalized spacial score (nSPS) is 18.7. The monoisotopic (exact) mass is 483 g/mol. The van der Waals surface area contributed by atoms with Crippen molar-refractivity contribution in [1.82, 2.24) is 10.2 Å². The first kappa shape index (κ1) is 21.6. The molecule has 1 unspecified atom stereocenters. The van der Waals surface area contributed by atoms with Gasteiger partial charge < -0.3 is 15.5 Å². The number of benzene rings is 2. The Morgan fingerprint density at radius 1 is 0.903 bits per heavy atom. The van der Waals surface area contributed by atoms with E-state index in [0.29, 0.717) is 29.8 Å². The molecule has 6 nitrogen and oxygen atoms in total. The quantitative estimate of drug-likeness (QED) is 0.662. The van der Waals surface area contributed by atoms with E-state index >= 15 is 0 Å². The molecule has 162 valence electrons. The van der Waals surface area contributed by atoms with Crippen LogP contribution in [0.25, 0.3) is 0 Å². The Bertz CT molecular complexity index is 970. The average Bonchev–Trinajstić information content (AvgIpc) is 3.46. The number of likely N-dealkylation sites (tertiary alicyclic amines) is 1. The highest BCUT2D eigenvalue weighted by Gasteiger charge is 2.35. The maximum Gasteiger partial charge on any atom is 0.255 e. The molecule has 7 heteroatoms. The maximum atomic E-state index is 13.2. The summed E-state index contributed by atoms with van der Waals surface area (Å²) in [7, 11) is 0. The van der Waals surface area contributed by atoms with Crippen LogP contribution in [0.2, 0.25) is 0 Å². The second-order valence-corrected chi connectivity index (χ2v) is 9.10. The summed E-state index contributed by atoms with van der Waals surface area (Å²) < 4.78 is 0.897. The van der Waals surface area contributed by atoms with E-state index in [1.54, 1.807) is 53.4 Å². The van der Waals surface area contributed by atoms with E-state index in [0.717, 1.165) is 36.6 Å². The van der Waals surface area contributed by atoms with Gasteiger partial charge in [-0.25, -0.2) is 0 Å². The van der Waals surface area contributed by atoms with E-state index in [4.69, 9.17) is 0 Å². The van der Waals surface area contributed by atoms with Crippen molar-refractivity contribution in [3.8, 4) is 0 Å². The smallest absolute Gasteiger partial charge is 0.255 e. The largest absolute Gasteiger partial charge is 0.352 e. The molecule has 2 aromatic rings. The number of hydrogen-bond donors (Lipinski definition) is 2. The predicted molar refractivity (Wildman–Crippen MR) is 123 cm³/mol. The van der Waals surface area contributed by atoms with E-state index in [1.807, 2.05) is 0 Å². The number of amides is 3. The Hall–Kier alpha value is -2.67. The minimum atomic E-state index is -0.422. The molecule has 1 saturated heterocycles. The lowest BCUT2D eigenvalue weighted by Crippen LogP contribution is -2.48. The zero-order valence-corrected chi connectivity index (χ0v) is 18.9. The summed E-state index contributed by atoms with van der Waals surface area (Å²) in [6, 6.07) is 13.8. The van der Waals surface area contributed by atoms with Gasteiger partial charge in [-0.3, -0.25) is 14.4 Å². The number of anilines is 1. The summed E-state index contributed by atoms with van der Waals surface area (Å²) in [4.78, 5) is 40.1. The SMILES string of the molecule is O=C(Nc1cccc(C(=O)N2CCCC2C(=O)NC2CCCC2)c1)c1ccc(Br)cc1. The van der Waals surface area contributed by atoms with E-state index in [-0.39, 0.29) is 23.8 Å². The maximum absolute atomic E-state index is 13.2. The van der Waals surface area contributed by atoms with Crippen molar-refractivity contribution in [2.24, 2.45) is 0 Å². The molecule has 4 rings (SSSR count). The van der Waals surface area contributed by atoms with Crippen LogP contribution in [0, 0.1) is 0 Å². The van der Waals surface area contributed by atoms with Crippen LogP contribution < -0.4 is 10.6 Å². The number of rotatable bonds is 5. The summed E-state index contributed by atoms with van der Waals surface area (Å²) >= 11 is 3.36. The number of carbonyl (C=O) groups excluding carboxylic acids is 3. The molecule has 1 atom stereocenters. The molecule has 2 fully saturated rings. The Kier molecular flexibility index (Phi) is 6.70. The molecule has 0 aromatic heterocycles. The fourth-order valence-corrected chi connectivity index (χ4v) is 4.61. The number of nitrogens with zero attached hydrogens (tertiary/aromatic N) is 1. The molecule has 2 N–H and O–H groups in total. The van der Waals surface area contributed by atoms with Gasteiger partial charge in [-0.15, -0.1) is 0 Å². The first-order chi connectivity index (χ1) is 15.0. The Balaban J connectivity index is 1.43. The molecule has 2 aromatic carbocycles. The topological polar surface area (TPSA) is 78.5 Å². The van der Waals surface area contributed by atoms with Gasteiger partial charge in [0.25, 0.3) is 11.8 Å². The van der Waals surface area contributed by atoms with Crippen molar-refractivity contribution in [3.05, 3.63) is 64.1 Å². The van der Waals surface area contributed by atoms with Crippen LogP contribution in [0.5, 0.6) is 0 Å². The molecular weight excluding hydrogens is 458 g/mol. The van der Waals surface area contributed by atoms with Crippen molar-refractivity contribution in [3.63, 3.8) is 0 Å². The van der Waals surface area contributed by atoms with Gasteiger partial charge >= 0.3 is 0 Å². The zero-order valence-electron chi connectivity index (χ0n) is 17.3. The second-order valence-electron chi connectivity index (χ2n) is 8.19. The first-order valence-electron chi connectivity index (χ1n) is 10.8. The lowest BCUT2D eigenvalue weighted by Gasteiger charge is -2.25. The van der Waals surface area contributed by atoms with Crippen molar-refractivity contribution < 1.29 is 14.4 Å². The molecule has 0 spiro atoms. The van der Waals surface area contributed by atoms with Gasteiger partial charge in [0.1, 0.15) is 6.04 Å². The van der Waals surface area contributed by atoms with Crippen LogP contribution >= 0.6 is 15.9 Å². The molecule has 1 aliphatic carbocycles. The number of nitrogens with one attached hydrogen (secondary N) is 2. The number of hydrogen-bond acceptors (Lipinski definition) is 3. The summed E-state index contributed by atoms with van der Waals surface area (Å²) in [6.07, 6.45) is 5.84. The van der Waals surface area contributed by atoms with Crippen LogP contribution in [-0.2, 0) is 4.79 Å². The van der Waals surface area contributed by atoms with Gasteiger partial charge in [0.05, 0.1) is 0 Å². The molecular formula is C24H26BrN3O3. The zero-order chi connectivity index (χ0) is 21.8. The third-order valence-electron chi connectivity index (χ3n) is 5.99. The fourth-order valence-electron chi connectivity index (χ4n) is 4.35. The van der Waals surface area contributed by atoms with Gasteiger partial charge in [0.2, 0.25) is 5.91 Å². The number of halogens is 1. The van der Waals surface area contributed by atoms with Crippen LogP contribution in [-0.4, -0.2) is 41.2 Å². The van der Waals surface area contributed by atoms with Crippen molar-refractivity contribution in [2.45, 2.75) is 50.6 Å². The standard InChI is InChI=1S/C24H26BrN3O3/c25-18-12-10-16(11-13-18)22(29)27-20-8-3-5-17(15-20)24(31)28-14-4-9-21(28)23(30)26-19-6-1-2-7-19/h3,5,8,10-13,15,19,21H,1-2,4,6-7,9,14H2,(H,26,30)(H,27,29). The lowest BCUT2D eigenvalue weighted by atomic mass is 10.1. The summed E-state index contributed by atoms with van der Waals surface area (Å²) in [5.41, 5.74) is 1.54. The molecule has 31 heavy (non-hydrogen) atoms. The van der Waals surface area contributed by atoms with Crippen LogP contribution in [0.4, 0.5) is 5.69 Å². The third kappa shape index (κ3) is 5.15. The minimum Gasteiger partial charge on any atom is -0.352 e. The third-order valence-corrected chi connectivity index (χ3v) is 6.52. The minimum absolute atomic E-state index is 0.0440. The second kappa shape index (κ2) is 9.64. The first-order valence-corrected chi connectivity index (χ1v) is 11.6. The van der Waals surface area contributed by atoms with Crippen LogP contribution in [0.15, 0.2) is 53.0 Å². The van der Waals surface area contributed by atoms with Crippen LogP contribution in [0.1, 0.15) is 59.2 Å². The predicted octanol–water partition coefficient (Wildman–Crippen LogP) is 4.36. The van der Waals surface area contributed by atoms with Crippen molar-refractivity contribution in [2.75, 3.05) is 11.9 Å². The van der Waals surface area contributed by atoms with E-state index in [1.165, 1.54) is 0 Å². The highest BCUT2D eigenvalue weighted by atomic mass is 79.9. The molecule has 3 amide bonds. The van der Waals surface area contributed by atoms with Crippen LogP contribution in [0.3, 0.4) is 0 Å². The molecule has 1 heterocycles. The fraction of sp³-hybridized carbons (Fsp3) is 0.375. The van der Waals surface area contributed by atoms with E-state index in [2.05, 4.69) is 26.6 Å². The summed E-state index contributed by atoms with van der Waals surface area (Å²) in [6.45, 7) is 0.567. The van der Waals surface area contributed by atoms with Gasteiger partial charge in [0.15, 0.2) is 0 Å². The van der Waals surface area contributed by atoms with E-state index < -0.39 is 6.04 Å². The lowest BCUT2D eigenvalue weighted by molar-refractivity contribution is -0.125. The van der Waals surface area contributed by atoms with Crippen molar-refractivity contribution >= 4 is 39.3 Å². The molecule has 1 saturated carbocycles. The van der Waals surface area contributed by atoms with E-state index in [9.17, 15) is 14.4 Å². The molecule has 0 radical (unpaired) electrons. The number of carbonyl (C=O) groups is 3. The van der Waals surface area contributed by atoms with Gasteiger partial charge in [0, 0.05) is 33.9 Å². The van der Waals surface area contributed by atoms with Crippen molar-refractivity contribution in [1.29, 1.82) is 0 Å². The van der Waals surface area contributed by atoms with Gasteiger partial charge in [-0.2, -0.15) is 0 Å². The molecule has 0 bridgehead atoms. The Labute approximate surface area is 190 Å². The summed E-state index contributed by atoms with van der Waals surface area (Å²) in [5.74, 6) is -0.464.